The third kappa shape index (κ3) is 2.73. The molecular formula is C16H12O5S. The first-order valence-electron chi connectivity index (χ1n) is 6.50. The van der Waals surface area contributed by atoms with E-state index in [0.717, 1.165) is 10.9 Å². The first-order chi connectivity index (χ1) is 10.5. The number of rotatable bonds is 3. The highest BCUT2D eigenvalue weighted by Crippen LogP contribution is 2.24. The summed E-state index contributed by atoms with van der Waals surface area (Å²) >= 11 is 0. The van der Waals surface area contributed by atoms with Crippen LogP contribution < -0.4 is 9.81 Å². The predicted molar refractivity (Wildman–Crippen MR) is 81.5 cm³/mol. The van der Waals surface area contributed by atoms with Gasteiger partial charge >= 0.3 is 15.7 Å². The second kappa shape index (κ2) is 5.31. The van der Waals surface area contributed by atoms with E-state index in [1.807, 2.05) is 0 Å². The van der Waals surface area contributed by atoms with E-state index >= 15 is 0 Å². The van der Waals surface area contributed by atoms with E-state index in [2.05, 4.69) is 0 Å². The van der Waals surface area contributed by atoms with Crippen molar-refractivity contribution in [2.45, 2.75) is 11.8 Å². The molecule has 112 valence electrons. The van der Waals surface area contributed by atoms with Gasteiger partial charge in [0.2, 0.25) is 0 Å². The molecule has 0 fully saturated rings. The highest BCUT2D eigenvalue weighted by Gasteiger charge is 2.16. The van der Waals surface area contributed by atoms with Gasteiger partial charge in [-0.2, -0.15) is 8.42 Å². The topological polar surface area (TPSA) is 73.6 Å². The van der Waals surface area contributed by atoms with Crippen LogP contribution in [0.2, 0.25) is 0 Å². The SMILES string of the molecule is Cc1cc(=O)oc2cc(OS(=O)(=O)c3ccccc3)ccc12. The van der Waals surface area contributed by atoms with Gasteiger partial charge in [0, 0.05) is 17.5 Å². The quantitative estimate of drug-likeness (QED) is 0.549. The average molecular weight is 316 g/mol. The summed E-state index contributed by atoms with van der Waals surface area (Å²) in [4.78, 5) is 11.5. The van der Waals surface area contributed by atoms with Gasteiger partial charge in [0.25, 0.3) is 0 Å². The lowest BCUT2D eigenvalue weighted by molar-refractivity contribution is 0.485. The van der Waals surface area contributed by atoms with E-state index < -0.39 is 15.7 Å². The molecule has 1 heterocycles. The number of hydrogen-bond acceptors (Lipinski definition) is 5. The third-order valence-electron chi connectivity index (χ3n) is 3.16. The fourth-order valence-electron chi connectivity index (χ4n) is 2.12. The zero-order valence-corrected chi connectivity index (χ0v) is 12.5. The van der Waals surface area contributed by atoms with Gasteiger partial charge in [-0.3, -0.25) is 0 Å². The Morgan fingerprint density at radius 1 is 1.00 bits per heavy atom. The Labute approximate surface area is 126 Å². The first-order valence-corrected chi connectivity index (χ1v) is 7.90. The van der Waals surface area contributed by atoms with E-state index in [-0.39, 0.29) is 16.2 Å². The summed E-state index contributed by atoms with van der Waals surface area (Å²) < 4.78 is 34.5. The van der Waals surface area contributed by atoms with E-state index in [0.29, 0.717) is 0 Å². The van der Waals surface area contributed by atoms with Crippen molar-refractivity contribution in [3.05, 3.63) is 70.6 Å². The molecule has 3 aromatic rings. The van der Waals surface area contributed by atoms with Crippen LogP contribution in [0.4, 0.5) is 0 Å². The molecule has 0 saturated carbocycles. The molecule has 0 unspecified atom stereocenters. The monoisotopic (exact) mass is 316 g/mol. The van der Waals surface area contributed by atoms with Gasteiger partial charge in [0.05, 0.1) is 0 Å². The van der Waals surface area contributed by atoms with Gasteiger partial charge in [-0.15, -0.1) is 0 Å². The van der Waals surface area contributed by atoms with Gasteiger partial charge in [0.15, 0.2) is 0 Å². The van der Waals surface area contributed by atoms with E-state index in [1.54, 1.807) is 31.2 Å². The minimum atomic E-state index is -3.92. The van der Waals surface area contributed by atoms with Crippen molar-refractivity contribution in [2.75, 3.05) is 0 Å². The summed E-state index contributed by atoms with van der Waals surface area (Å²) in [7, 11) is -3.92. The highest BCUT2D eigenvalue weighted by molar-refractivity contribution is 7.87. The Hall–Kier alpha value is -2.60. The van der Waals surface area contributed by atoms with Gasteiger partial charge < -0.3 is 8.60 Å². The normalized spacial score (nSPS) is 11.5. The lowest BCUT2D eigenvalue weighted by atomic mass is 10.1. The Balaban J connectivity index is 2.03. The van der Waals surface area contributed by atoms with Crippen molar-refractivity contribution in [1.29, 1.82) is 0 Å². The molecule has 0 N–H and O–H groups in total. The third-order valence-corrected chi connectivity index (χ3v) is 4.42. The summed E-state index contributed by atoms with van der Waals surface area (Å²) in [5.74, 6) is 0.0881. The number of hydrogen-bond donors (Lipinski definition) is 0. The molecule has 5 nitrogen and oxygen atoms in total. The molecule has 3 rings (SSSR count). The fraction of sp³-hybridized carbons (Fsp3) is 0.0625. The van der Waals surface area contributed by atoms with Crippen LogP contribution in [0, 0.1) is 6.92 Å². The van der Waals surface area contributed by atoms with Crippen LogP contribution in [-0.2, 0) is 10.1 Å². The number of benzene rings is 2. The molecule has 6 heteroatoms. The van der Waals surface area contributed by atoms with Gasteiger partial charge in [-0.1, -0.05) is 18.2 Å². The maximum absolute atomic E-state index is 12.2. The zero-order chi connectivity index (χ0) is 15.7. The number of aryl methyl sites for hydroxylation is 1. The number of fused-ring (bicyclic) bond motifs is 1. The summed E-state index contributed by atoms with van der Waals surface area (Å²) in [5, 5.41) is 0.726. The first kappa shape index (κ1) is 14.3. The second-order valence-corrected chi connectivity index (χ2v) is 6.30. The van der Waals surface area contributed by atoms with Crippen molar-refractivity contribution in [3.8, 4) is 5.75 Å². The molecule has 2 aromatic carbocycles. The van der Waals surface area contributed by atoms with E-state index in [4.69, 9.17) is 8.60 Å². The molecule has 0 aliphatic carbocycles. The van der Waals surface area contributed by atoms with E-state index in [1.165, 1.54) is 30.3 Å². The lowest BCUT2D eigenvalue weighted by Gasteiger charge is -2.08. The van der Waals surface area contributed by atoms with E-state index in [9.17, 15) is 13.2 Å². The molecule has 0 aliphatic rings. The summed E-state index contributed by atoms with van der Waals surface area (Å²) in [6.45, 7) is 1.78. The molecule has 0 amide bonds. The van der Waals surface area contributed by atoms with Gasteiger partial charge in [-0.05, 0) is 36.8 Å². The van der Waals surface area contributed by atoms with Crippen LogP contribution in [0.15, 0.2) is 68.7 Å². The predicted octanol–water partition coefficient (Wildman–Crippen LogP) is 2.87. The zero-order valence-electron chi connectivity index (χ0n) is 11.6. The molecule has 0 radical (unpaired) electrons. The van der Waals surface area contributed by atoms with Gasteiger partial charge in [0.1, 0.15) is 16.2 Å². The van der Waals surface area contributed by atoms with Crippen LogP contribution in [0.1, 0.15) is 5.56 Å². The maximum atomic E-state index is 12.2. The molecule has 1 aromatic heterocycles. The Morgan fingerprint density at radius 2 is 1.73 bits per heavy atom. The van der Waals surface area contributed by atoms with Crippen LogP contribution >= 0.6 is 0 Å². The van der Waals surface area contributed by atoms with Crippen LogP contribution in [0.5, 0.6) is 5.75 Å². The van der Waals surface area contributed by atoms with Crippen molar-refractivity contribution in [2.24, 2.45) is 0 Å². The van der Waals surface area contributed by atoms with Crippen LogP contribution in [0.25, 0.3) is 11.0 Å². The van der Waals surface area contributed by atoms with Crippen molar-refractivity contribution in [1.82, 2.24) is 0 Å². The van der Waals surface area contributed by atoms with Crippen LogP contribution in [0.3, 0.4) is 0 Å². The Kier molecular flexibility index (Phi) is 3.46. The maximum Gasteiger partial charge on any atom is 0.339 e. The largest absolute Gasteiger partial charge is 0.423 e. The molecule has 0 bridgehead atoms. The summed E-state index contributed by atoms with van der Waals surface area (Å²) in [5.41, 5.74) is 0.544. The second-order valence-electron chi connectivity index (χ2n) is 4.76. The molecule has 22 heavy (non-hydrogen) atoms. The fourth-order valence-corrected chi connectivity index (χ4v) is 3.06. The smallest absolute Gasteiger partial charge is 0.339 e. The minimum Gasteiger partial charge on any atom is -0.423 e. The minimum absolute atomic E-state index is 0.0563. The van der Waals surface area contributed by atoms with Crippen molar-refractivity contribution >= 4 is 21.1 Å². The summed E-state index contributed by atoms with van der Waals surface area (Å²) in [6.07, 6.45) is 0. The molecule has 0 aliphatic heterocycles. The summed E-state index contributed by atoms with van der Waals surface area (Å²) in [6, 6.07) is 13.8. The standard InChI is InChI=1S/C16H12O5S/c1-11-9-16(17)20-15-10-12(7-8-14(11)15)21-22(18,19)13-5-3-2-4-6-13/h2-10H,1H3. The Morgan fingerprint density at radius 3 is 2.45 bits per heavy atom. The van der Waals surface area contributed by atoms with Crippen molar-refractivity contribution in [3.63, 3.8) is 0 Å². The Bertz CT molecular complexity index is 988. The average Bonchev–Trinajstić information content (AvgIpc) is 2.47. The molecular weight excluding hydrogens is 304 g/mol. The van der Waals surface area contributed by atoms with Gasteiger partial charge in [-0.25, -0.2) is 4.79 Å². The van der Waals surface area contributed by atoms with Crippen LogP contribution in [-0.4, -0.2) is 8.42 Å². The molecule has 0 spiro atoms. The highest BCUT2D eigenvalue weighted by atomic mass is 32.2. The van der Waals surface area contributed by atoms with Crippen molar-refractivity contribution < 1.29 is 17.0 Å². The molecule has 0 atom stereocenters. The molecule has 0 saturated heterocycles. The lowest BCUT2D eigenvalue weighted by Crippen LogP contribution is -2.09.